The highest BCUT2D eigenvalue weighted by Crippen LogP contribution is 2.27. The molecule has 0 aromatic rings. The average Bonchev–Trinajstić information content (AvgIpc) is 2.68. The maximum Gasteiger partial charge on any atom is 0.236 e. The van der Waals surface area contributed by atoms with Crippen molar-refractivity contribution in [3.05, 3.63) is 0 Å². The molecule has 5 heteroatoms. The normalized spacial score (nSPS) is 26.1. The molecule has 3 aliphatic rings. The quantitative estimate of drug-likeness (QED) is 0.754. The van der Waals surface area contributed by atoms with E-state index in [-0.39, 0.29) is 5.91 Å². The number of hydrogen-bond donors (Lipinski definition) is 0. The van der Waals surface area contributed by atoms with Crippen molar-refractivity contribution in [2.75, 3.05) is 39.3 Å². The summed E-state index contributed by atoms with van der Waals surface area (Å²) in [5, 5.41) is 0. The first-order valence-corrected chi connectivity index (χ1v) is 10.9. The molecule has 0 aromatic heterocycles. The van der Waals surface area contributed by atoms with Gasteiger partial charge in [0.15, 0.2) is 0 Å². The van der Waals surface area contributed by atoms with Gasteiger partial charge in [0.1, 0.15) is 0 Å². The van der Waals surface area contributed by atoms with Crippen molar-refractivity contribution in [1.29, 1.82) is 0 Å². The molecule has 2 aliphatic heterocycles. The first kappa shape index (κ1) is 19.7. The van der Waals surface area contributed by atoms with Crippen LogP contribution in [0.3, 0.4) is 0 Å². The van der Waals surface area contributed by atoms with Gasteiger partial charge in [-0.2, -0.15) is 0 Å². The Morgan fingerprint density at radius 3 is 2.19 bits per heavy atom. The highest BCUT2D eigenvalue weighted by molar-refractivity contribution is 5.79. The van der Waals surface area contributed by atoms with Gasteiger partial charge in [-0.25, -0.2) is 0 Å². The van der Waals surface area contributed by atoms with Gasteiger partial charge in [0.25, 0.3) is 0 Å². The Labute approximate surface area is 159 Å². The van der Waals surface area contributed by atoms with Crippen LogP contribution >= 0.6 is 0 Å². The lowest BCUT2D eigenvalue weighted by molar-refractivity contribution is -0.137. The van der Waals surface area contributed by atoms with Crippen molar-refractivity contribution in [2.45, 2.75) is 77.2 Å². The summed E-state index contributed by atoms with van der Waals surface area (Å²) in [6, 6.07) is 0.388. The lowest BCUT2D eigenvalue weighted by atomic mass is 9.86. The first-order chi connectivity index (χ1) is 12.6. The van der Waals surface area contributed by atoms with Crippen molar-refractivity contribution >= 4 is 11.8 Å². The molecular formula is C21H37N3O2. The van der Waals surface area contributed by atoms with E-state index in [1.54, 1.807) is 0 Å². The van der Waals surface area contributed by atoms with Gasteiger partial charge < -0.3 is 9.80 Å². The fourth-order valence-electron chi connectivity index (χ4n) is 4.87. The second kappa shape index (κ2) is 9.72. The van der Waals surface area contributed by atoms with Gasteiger partial charge in [-0.3, -0.25) is 14.5 Å². The van der Waals surface area contributed by atoms with Crippen molar-refractivity contribution in [3.8, 4) is 0 Å². The van der Waals surface area contributed by atoms with Crippen LogP contribution in [0, 0.1) is 5.92 Å². The summed E-state index contributed by atoms with van der Waals surface area (Å²) >= 11 is 0. The van der Waals surface area contributed by atoms with Gasteiger partial charge in [0, 0.05) is 45.2 Å². The van der Waals surface area contributed by atoms with E-state index in [1.165, 1.54) is 38.5 Å². The Balaban J connectivity index is 1.35. The third-order valence-electron chi connectivity index (χ3n) is 6.70. The van der Waals surface area contributed by atoms with Crippen LogP contribution in [0.4, 0.5) is 0 Å². The molecular weight excluding hydrogens is 326 g/mol. The highest BCUT2D eigenvalue weighted by atomic mass is 16.2. The molecule has 0 bridgehead atoms. The summed E-state index contributed by atoms with van der Waals surface area (Å²) in [5.41, 5.74) is 0. The SMILES string of the molecule is C[C@H]1CCCCN1C(=O)CN1CCN(C(=O)CCC2CCCCC2)CC1. The van der Waals surface area contributed by atoms with Crippen LogP contribution < -0.4 is 0 Å². The Morgan fingerprint density at radius 2 is 1.50 bits per heavy atom. The van der Waals surface area contributed by atoms with E-state index in [0.29, 0.717) is 18.5 Å². The number of piperazine rings is 1. The number of amides is 2. The summed E-state index contributed by atoms with van der Waals surface area (Å²) in [6.45, 7) is 6.85. The molecule has 0 aromatic carbocycles. The Hall–Kier alpha value is -1.10. The zero-order valence-electron chi connectivity index (χ0n) is 16.6. The summed E-state index contributed by atoms with van der Waals surface area (Å²) in [5.74, 6) is 1.37. The third-order valence-corrected chi connectivity index (χ3v) is 6.70. The van der Waals surface area contributed by atoms with Gasteiger partial charge in [-0.1, -0.05) is 32.1 Å². The number of hydrogen-bond acceptors (Lipinski definition) is 3. The zero-order chi connectivity index (χ0) is 18.4. The van der Waals surface area contributed by atoms with Crippen LogP contribution in [0.2, 0.25) is 0 Å². The lowest BCUT2D eigenvalue weighted by Gasteiger charge is -2.38. The summed E-state index contributed by atoms with van der Waals surface area (Å²) in [7, 11) is 0. The molecule has 5 nitrogen and oxygen atoms in total. The third kappa shape index (κ3) is 5.45. The molecule has 26 heavy (non-hydrogen) atoms. The summed E-state index contributed by atoms with van der Waals surface area (Å²) in [4.78, 5) is 31.4. The molecule has 2 heterocycles. The molecule has 1 aliphatic carbocycles. The van der Waals surface area contributed by atoms with Gasteiger partial charge >= 0.3 is 0 Å². The van der Waals surface area contributed by atoms with Crippen molar-refractivity contribution in [3.63, 3.8) is 0 Å². The van der Waals surface area contributed by atoms with Crippen LogP contribution in [0.5, 0.6) is 0 Å². The van der Waals surface area contributed by atoms with Crippen molar-refractivity contribution in [2.24, 2.45) is 5.92 Å². The fraction of sp³-hybridized carbons (Fsp3) is 0.905. The molecule has 1 saturated carbocycles. The Morgan fingerprint density at radius 1 is 0.808 bits per heavy atom. The first-order valence-electron chi connectivity index (χ1n) is 10.9. The zero-order valence-corrected chi connectivity index (χ0v) is 16.6. The lowest BCUT2D eigenvalue weighted by Crippen LogP contribution is -2.53. The van der Waals surface area contributed by atoms with Gasteiger partial charge in [-0.05, 0) is 38.5 Å². The summed E-state index contributed by atoms with van der Waals surface area (Å²) in [6.07, 6.45) is 12.0. The highest BCUT2D eigenvalue weighted by Gasteiger charge is 2.27. The minimum absolute atomic E-state index is 0.272. The molecule has 3 fully saturated rings. The number of piperidine rings is 1. The van der Waals surface area contributed by atoms with Crippen LogP contribution in [0.1, 0.15) is 71.1 Å². The Kier molecular flexibility index (Phi) is 7.35. The maximum atomic E-state index is 12.6. The van der Waals surface area contributed by atoms with E-state index in [1.807, 2.05) is 4.90 Å². The molecule has 2 amide bonds. The fourth-order valence-corrected chi connectivity index (χ4v) is 4.87. The molecule has 2 saturated heterocycles. The van der Waals surface area contributed by atoms with E-state index in [4.69, 9.17) is 0 Å². The van der Waals surface area contributed by atoms with Gasteiger partial charge in [0.05, 0.1) is 6.54 Å². The largest absolute Gasteiger partial charge is 0.340 e. The maximum absolute atomic E-state index is 12.6. The van der Waals surface area contributed by atoms with Crippen LogP contribution in [-0.2, 0) is 9.59 Å². The molecule has 0 unspecified atom stereocenters. The molecule has 1 atom stereocenters. The predicted molar refractivity (Wildman–Crippen MR) is 104 cm³/mol. The van der Waals surface area contributed by atoms with E-state index < -0.39 is 0 Å². The molecule has 0 N–H and O–H groups in total. The number of nitrogens with zero attached hydrogens (tertiary/aromatic N) is 3. The van der Waals surface area contributed by atoms with E-state index >= 15 is 0 Å². The van der Waals surface area contributed by atoms with E-state index in [2.05, 4.69) is 16.7 Å². The molecule has 0 radical (unpaired) electrons. The Bertz CT molecular complexity index is 468. The molecule has 3 rings (SSSR count). The van der Waals surface area contributed by atoms with Crippen LogP contribution in [0.15, 0.2) is 0 Å². The second-order valence-electron chi connectivity index (χ2n) is 8.63. The minimum atomic E-state index is 0.272. The van der Waals surface area contributed by atoms with Crippen molar-refractivity contribution in [1.82, 2.24) is 14.7 Å². The average molecular weight is 364 g/mol. The standard InChI is InChI=1S/C21H37N3O2/c1-18-7-5-6-12-24(18)21(26)17-22-13-15-23(16-14-22)20(25)11-10-19-8-3-2-4-9-19/h18-19H,2-17H2,1H3/t18-/m0/s1. The predicted octanol–water partition coefficient (Wildman–Crippen LogP) is 2.89. The summed E-state index contributed by atoms with van der Waals surface area (Å²) < 4.78 is 0. The number of carbonyl (C=O) groups is 2. The van der Waals surface area contributed by atoms with E-state index in [0.717, 1.165) is 64.3 Å². The minimum Gasteiger partial charge on any atom is -0.340 e. The smallest absolute Gasteiger partial charge is 0.236 e. The number of rotatable bonds is 5. The van der Waals surface area contributed by atoms with Crippen molar-refractivity contribution < 1.29 is 9.59 Å². The van der Waals surface area contributed by atoms with Crippen LogP contribution in [-0.4, -0.2) is 71.8 Å². The molecule has 0 spiro atoms. The van der Waals surface area contributed by atoms with Gasteiger partial charge in [-0.15, -0.1) is 0 Å². The number of likely N-dealkylation sites (tertiary alicyclic amines) is 1. The monoisotopic (exact) mass is 363 g/mol. The van der Waals surface area contributed by atoms with Gasteiger partial charge in [0.2, 0.25) is 11.8 Å². The van der Waals surface area contributed by atoms with Crippen LogP contribution in [0.25, 0.3) is 0 Å². The second-order valence-corrected chi connectivity index (χ2v) is 8.63. The number of carbonyl (C=O) groups excluding carboxylic acids is 2. The van der Waals surface area contributed by atoms with E-state index in [9.17, 15) is 9.59 Å². The molecule has 148 valence electrons. The topological polar surface area (TPSA) is 43.9 Å².